The predicted octanol–water partition coefficient (Wildman–Crippen LogP) is 5.03. The molecule has 32 heavy (non-hydrogen) atoms. The van der Waals surface area contributed by atoms with Crippen molar-refractivity contribution < 1.29 is 19.4 Å². The van der Waals surface area contributed by atoms with Crippen LogP contribution in [0.5, 0.6) is 0 Å². The monoisotopic (exact) mass is 453 g/mol. The molecule has 0 aromatic heterocycles. The highest BCUT2D eigenvalue weighted by Gasteiger charge is 2.43. The molecule has 0 radical (unpaired) electrons. The van der Waals surface area contributed by atoms with Gasteiger partial charge in [-0.05, 0) is 36.9 Å². The number of thioether (sulfide) groups is 1. The molecule has 2 aliphatic rings. The third-order valence-corrected chi connectivity index (χ3v) is 7.29. The Kier molecular flexibility index (Phi) is 7.90. The van der Waals surface area contributed by atoms with Crippen LogP contribution in [-0.4, -0.2) is 48.8 Å². The molecule has 2 heterocycles. The van der Waals surface area contributed by atoms with Crippen LogP contribution >= 0.6 is 11.8 Å². The van der Waals surface area contributed by atoms with Gasteiger partial charge in [-0.1, -0.05) is 60.7 Å². The smallest absolute Gasteiger partial charge is 0.348 e. The Morgan fingerprint density at radius 2 is 1.66 bits per heavy atom. The predicted molar refractivity (Wildman–Crippen MR) is 127 cm³/mol. The fourth-order valence-electron chi connectivity index (χ4n) is 4.36. The molecule has 1 saturated heterocycles. The lowest BCUT2D eigenvalue weighted by molar-refractivity contribution is -0.160. The summed E-state index contributed by atoms with van der Waals surface area (Å²) >= 11 is 1.35. The highest BCUT2D eigenvalue weighted by atomic mass is 32.2. The molecule has 0 bridgehead atoms. The summed E-state index contributed by atoms with van der Waals surface area (Å²) in [6.07, 6.45) is 2.94. The van der Waals surface area contributed by atoms with Crippen molar-refractivity contribution in [3.05, 3.63) is 82.5 Å². The third kappa shape index (κ3) is 5.74. The van der Waals surface area contributed by atoms with Crippen LogP contribution in [-0.2, 0) is 25.6 Å². The van der Waals surface area contributed by atoms with Gasteiger partial charge < -0.3 is 14.6 Å². The van der Waals surface area contributed by atoms with Gasteiger partial charge >= 0.3 is 5.97 Å². The Balaban J connectivity index is 1.44. The maximum absolute atomic E-state index is 13.0. The molecule has 5 nitrogen and oxygen atoms in total. The average molecular weight is 454 g/mol. The number of esters is 1. The van der Waals surface area contributed by atoms with E-state index in [0.717, 1.165) is 56.8 Å². The molecule has 2 aromatic rings. The quantitative estimate of drug-likeness (QED) is 0.424. The van der Waals surface area contributed by atoms with Crippen molar-refractivity contribution in [1.29, 1.82) is 0 Å². The van der Waals surface area contributed by atoms with Crippen LogP contribution in [0, 0.1) is 0 Å². The summed E-state index contributed by atoms with van der Waals surface area (Å²) in [5, 5.41) is 10.9. The van der Waals surface area contributed by atoms with Gasteiger partial charge in [-0.2, -0.15) is 0 Å². The van der Waals surface area contributed by atoms with Crippen LogP contribution in [0.2, 0.25) is 0 Å². The van der Waals surface area contributed by atoms with E-state index in [0.29, 0.717) is 23.5 Å². The molecule has 0 spiro atoms. The summed E-state index contributed by atoms with van der Waals surface area (Å²) < 4.78 is 11.5. The lowest BCUT2D eigenvalue weighted by Crippen LogP contribution is -2.38. The number of unbranched alkanes of at least 4 members (excludes halogenated alkanes) is 1. The van der Waals surface area contributed by atoms with Crippen molar-refractivity contribution in [2.24, 2.45) is 0 Å². The highest BCUT2D eigenvalue weighted by molar-refractivity contribution is 8.03. The standard InChI is InChI=1S/C26H31NO4S/c28-23-19-26(22-11-5-2-6-12-22,13-7-8-14-27-15-17-30-18-16-27)31-25(29)24(23)32-20-21-9-3-1-4-10-21/h1-6,9-12,28H,7-8,13-20H2. The van der Waals surface area contributed by atoms with Gasteiger partial charge in [0.2, 0.25) is 0 Å². The molecular formula is C26H31NO4S. The number of ether oxygens (including phenoxy) is 2. The summed E-state index contributed by atoms with van der Waals surface area (Å²) in [6.45, 7) is 4.57. The summed E-state index contributed by atoms with van der Waals surface area (Å²) in [5.74, 6) is 0.332. The molecule has 1 atom stereocenters. The Labute approximate surface area is 194 Å². The Morgan fingerprint density at radius 1 is 0.969 bits per heavy atom. The molecule has 1 fully saturated rings. The van der Waals surface area contributed by atoms with Gasteiger partial charge in [0.1, 0.15) is 16.3 Å². The molecule has 6 heteroatoms. The molecule has 1 N–H and O–H groups in total. The van der Waals surface area contributed by atoms with Crippen LogP contribution in [0.1, 0.15) is 36.8 Å². The summed E-state index contributed by atoms with van der Waals surface area (Å²) in [6, 6.07) is 19.8. The fraction of sp³-hybridized carbons (Fsp3) is 0.423. The molecule has 0 aliphatic carbocycles. The minimum Gasteiger partial charge on any atom is -0.511 e. The van der Waals surface area contributed by atoms with Crippen LogP contribution in [0.3, 0.4) is 0 Å². The molecule has 1 unspecified atom stereocenters. The first kappa shape index (κ1) is 22.9. The van der Waals surface area contributed by atoms with E-state index in [4.69, 9.17) is 9.47 Å². The maximum Gasteiger partial charge on any atom is 0.348 e. The van der Waals surface area contributed by atoms with E-state index in [1.165, 1.54) is 11.8 Å². The van der Waals surface area contributed by atoms with Crippen LogP contribution in [0.15, 0.2) is 71.3 Å². The molecule has 170 valence electrons. The summed E-state index contributed by atoms with van der Waals surface area (Å²) in [7, 11) is 0. The zero-order chi connectivity index (χ0) is 22.2. The van der Waals surface area contributed by atoms with Crippen molar-refractivity contribution in [2.75, 3.05) is 32.8 Å². The first-order valence-electron chi connectivity index (χ1n) is 11.3. The number of nitrogens with zero attached hydrogens (tertiary/aromatic N) is 1. The van der Waals surface area contributed by atoms with Crippen LogP contribution < -0.4 is 0 Å². The summed E-state index contributed by atoms with van der Waals surface area (Å²) in [5.41, 5.74) is 1.23. The Morgan fingerprint density at radius 3 is 2.34 bits per heavy atom. The first-order chi connectivity index (χ1) is 15.7. The number of rotatable bonds is 9. The van der Waals surface area contributed by atoms with Crippen LogP contribution in [0.4, 0.5) is 0 Å². The van der Waals surface area contributed by atoms with E-state index < -0.39 is 11.6 Å². The molecule has 2 aromatic carbocycles. The van der Waals surface area contributed by atoms with E-state index in [1.807, 2.05) is 60.7 Å². The van der Waals surface area contributed by atoms with Gasteiger partial charge in [0.05, 0.1) is 19.6 Å². The molecule has 2 aliphatic heterocycles. The zero-order valence-electron chi connectivity index (χ0n) is 18.4. The van der Waals surface area contributed by atoms with Gasteiger partial charge in [0.15, 0.2) is 0 Å². The number of aliphatic hydroxyl groups is 1. The zero-order valence-corrected chi connectivity index (χ0v) is 19.2. The third-order valence-electron chi connectivity index (χ3n) is 6.12. The molecule has 0 amide bonds. The summed E-state index contributed by atoms with van der Waals surface area (Å²) in [4.78, 5) is 15.8. The first-order valence-corrected chi connectivity index (χ1v) is 12.3. The van der Waals surface area contributed by atoms with Gasteiger partial charge in [-0.25, -0.2) is 4.79 Å². The number of cyclic esters (lactones) is 1. The molecule has 0 saturated carbocycles. The van der Waals surface area contributed by atoms with E-state index >= 15 is 0 Å². The van der Waals surface area contributed by atoms with Crippen molar-refractivity contribution in [3.63, 3.8) is 0 Å². The lowest BCUT2D eigenvalue weighted by atomic mass is 9.83. The second-order valence-electron chi connectivity index (χ2n) is 8.39. The second kappa shape index (κ2) is 11.0. The van der Waals surface area contributed by atoms with Crippen molar-refractivity contribution in [3.8, 4) is 0 Å². The second-order valence-corrected chi connectivity index (χ2v) is 9.37. The van der Waals surface area contributed by atoms with Gasteiger partial charge in [0.25, 0.3) is 0 Å². The van der Waals surface area contributed by atoms with Gasteiger partial charge in [-0.3, -0.25) is 4.90 Å². The minimum atomic E-state index is -0.815. The van der Waals surface area contributed by atoms with E-state index in [9.17, 15) is 9.90 Å². The van der Waals surface area contributed by atoms with Crippen molar-refractivity contribution in [1.82, 2.24) is 4.90 Å². The largest absolute Gasteiger partial charge is 0.511 e. The van der Waals surface area contributed by atoms with E-state index in [1.54, 1.807) is 0 Å². The van der Waals surface area contributed by atoms with Gasteiger partial charge in [0, 0.05) is 18.8 Å². The normalized spacial score (nSPS) is 22.1. The Bertz CT molecular complexity index is 912. The van der Waals surface area contributed by atoms with E-state index in [-0.39, 0.29) is 5.76 Å². The number of aliphatic hydroxyl groups excluding tert-OH is 1. The average Bonchev–Trinajstić information content (AvgIpc) is 2.83. The number of morpholine rings is 1. The fourth-order valence-corrected chi connectivity index (χ4v) is 5.26. The highest BCUT2D eigenvalue weighted by Crippen LogP contribution is 2.44. The van der Waals surface area contributed by atoms with Crippen molar-refractivity contribution >= 4 is 17.7 Å². The minimum absolute atomic E-state index is 0.138. The van der Waals surface area contributed by atoms with Crippen LogP contribution in [0.25, 0.3) is 0 Å². The van der Waals surface area contributed by atoms with Crippen molar-refractivity contribution in [2.45, 2.75) is 37.0 Å². The Hall–Kier alpha value is -2.28. The van der Waals surface area contributed by atoms with E-state index in [2.05, 4.69) is 4.90 Å². The topological polar surface area (TPSA) is 59.0 Å². The number of hydrogen-bond donors (Lipinski definition) is 1. The maximum atomic E-state index is 13.0. The van der Waals surface area contributed by atoms with Gasteiger partial charge in [-0.15, -0.1) is 11.8 Å². The number of carbonyl (C=O) groups is 1. The SMILES string of the molecule is O=C1OC(CCCCN2CCOCC2)(c2ccccc2)CC(O)=C1SCc1ccccc1. The lowest BCUT2D eigenvalue weighted by Gasteiger charge is -2.38. The molecule has 4 rings (SSSR count). The number of benzene rings is 2. The molecular weight excluding hydrogens is 422 g/mol. The number of carbonyl (C=O) groups excluding carboxylic acids is 1. The number of hydrogen-bond acceptors (Lipinski definition) is 6.